The molecule has 1 unspecified atom stereocenters. The number of fused-ring (bicyclic) bond motifs is 2. The number of anilines is 1. The second-order valence-electron chi connectivity index (χ2n) is 7.34. The van der Waals surface area contributed by atoms with Gasteiger partial charge in [0.05, 0.1) is 0 Å². The number of rotatable bonds is 2. The Morgan fingerprint density at radius 2 is 1.74 bits per heavy atom. The predicted octanol–water partition coefficient (Wildman–Crippen LogP) is 5.44. The van der Waals surface area contributed by atoms with Crippen LogP contribution in [0.15, 0.2) is 18.2 Å². The zero-order chi connectivity index (χ0) is 16.4. The number of amides is 1. The molecule has 0 radical (unpaired) electrons. The van der Waals surface area contributed by atoms with Crippen molar-refractivity contribution in [1.82, 2.24) is 0 Å². The third-order valence-corrected chi connectivity index (χ3v) is 7.44. The fourth-order valence-electron chi connectivity index (χ4n) is 4.56. The van der Waals surface area contributed by atoms with Gasteiger partial charge in [-0.3, -0.25) is 4.79 Å². The van der Waals surface area contributed by atoms with E-state index in [1.807, 2.05) is 25.1 Å². The van der Waals surface area contributed by atoms with Gasteiger partial charge in [0.15, 0.2) is 0 Å². The summed E-state index contributed by atoms with van der Waals surface area (Å²) in [4.78, 5) is 12.6. The van der Waals surface area contributed by atoms with Crippen LogP contribution in [0.2, 0.25) is 5.02 Å². The molecule has 0 heterocycles. The smallest absolute Gasteiger partial charge is 0.228 e. The summed E-state index contributed by atoms with van der Waals surface area (Å²) in [5, 5.41) is 3.72. The first-order valence-corrected chi connectivity index (χ1v) is 9.48. The van der Waals surface area contributed by atoms with Crippen LogP contribution in [0.4, 0.5) is 5.69 Å². The molecule has 4 rings (SSSR count). The third-order valence-electron chi connectivity index (χ3n) is 6.08. The van der Waals surface area contributed by atoms with Crippen LogP contribution in [0.5, 0.6) is 0 Å². The Hall–Kier alpha value is -0.440. The average Bonchev–Trinajstić information content (AvgIpc) is 3.27. The van der Waals surface area contributed by atoms with Crippen molar-refractivity contribution in [3.05, 3.63) is 28.8 Å². The Bertz CT molecular complexity index is 638. The maximum atomic E-state index is 12.6. The lowest BCUT2D eigenvalue weighted by atomic mass is 10.0. The lowest BCUT2D eigenvalue weighted by Crippen LogP contribution is -2.16. The second-order valence-corrected chi connectivity index (χ2v) is 9.22. The lowest BCUT2D eigenvalue weighted by Gasteiger charge is -2.09. The standard InChI is InChI=1S/C18H20Cl3NO/c1-9-2-3-10(19)8-15(9)22-17(23)16-11-4-6-13-14(18(13,20)21)7-5-12(11)16/h2-3,8,11-14,16H,4-7H2,1H3,(H,22,23)/t11-,12+,13-,14+,16?. The zero-order valence-corrected chi connectivity index (χ0v) is 15.3. The van der Waals surface area contributed by atoms with Crippen LogP contribution in [0.3, 0.4) is 0 Å². The van der Waals surface area contributed by atoms with Crippen LogP contribution in [0.25, 0.3) is 0 Å². The molecule has 1 aromatic carbocycles. The summed E-state index contributed by atoms with van der Waals surface area (Å²) < 4.78 is -0.494. The number of nitrogens with one attached hydrogen (secondary N) is 1. The number of carbonyl (C=O) groups excluding carboxylic acids is 1. The van der Waals surface area contributed by atoms with E-state index < -0.39 is 4.33 Å². The number of carbonyl (C=O) groups is 1. The van der Waals surface area contributed by atoms with Gasteiger partial charge in [0.1, 0.15) is 4.33 Å². The maximum absolute atomic E-state index is 12.6. The van der Waals surface area contributed by atoms with Gasteiger partial charge >= 0.3 is 0 Å². The molecule has 1 aromatic rings. The Labute approximate surface area is 151 Å². The molecule has 23 heavy (non-hydrogen) atoms. The summed E-state index contributed by atoms with van der Waals surface area (Å²) in [6.07, 6.45) is 4.25. The van der Waals surface area contributed by atoms with Gasteiger partial charge in [-0.15, -0.1) is 23.2 Å². The number of halogens is 3. The molecule has 3 saturated carbocycles. The lowest BCUT2D eigenvalue weighted by molar-refractivity contribution is -0.117. The Morgan fingerprint density at radius 3 is 2.35 bits per heavy atom. The molecule has 2 nitrogen and oxygen atoms in total. The van der Waals surface area contributed by atoms with Crippen molar-refractivity contribution >= 4 is 46.4 Å². The summed E-state index contributed by atoms with van der Waals surface area (Å²) >= 11 is 18.7. The second kappa shape index (κ2) is 5.54. The average molecular weight is 373 g/mol. The molecule has 1 N–H and O–H groups in total. The van der Waals surface area contributed by atoms with Gasteiger partial charge in [-0.1, -0.05) is 17.7 Å². The minimum atomic E-state index is -0.494. The van der Waals surface area contributed by atoms with Gasteiger partial charge in [-0.2, -0.15) is 0 Å². The molecule has 3 aliphatic carbocycles. The van der Waals surface area contributed by atoms with Crippen LogP contribution in [0.1, 0.15) is 31.2 Å². The molecule has 3 aliphatic rings. The van der Waals surface area contributed by atoms with E-state index in [-0.39, 0.29) is 11.8 Å². The number of aryl methyl sites for hydroxylation is 1. The first kappa shape index (κ1) is 16.1. The normalized spacial score (nSPS) is 37.0. The van der Waals surface area contributed by atoms with Crippen molar-refractivity contribution in [2.24, 2.45) is 29.6 Å². The molecule has 0 aromatic heterocycles. The summed E-state index contributed by atoms with van der Waals surface area (Å²) in [6.45, 7) is 1.98. The molecule has 5 heteroatoms. The Kier molecular flexibility index (Phi) is 3.87. The molecular formula is C18H20Cl3NO. The van der Waals surface area contributed by atoms with Crippen LogP contribution >= 0.6 is 34.8 Å². The highest BCUT2D eigenvalue weighted by Crippen LogP contribution is 2.67. The molecule has 0 bridgehead atoms. The van der Waals surface area contributed by atoms with Crippen LogP contribution in [-0.2, 0) is 4.79 Å². The topological polar surface area (TPSA) is 29.1 Å². The number of hydrogen-bond donors (Lipinski definition) is 1. The van der Waals surface area contributed by atoms with E-state index in [0.717, 1.165) is 36.9 Å². The van der Waals surface area contributed by atoms with Crippen LogP contribution < -0.4 is 5.32 Å². The summed E-state index contributed by atoms with van der Waals surface area (Å²) in [7, 11) is 0. The zero-order valence-electron chi connectivity index (χ0n) is 13.0. The molecule has 1 amide bonds. The highest BCUT2D eigenvalue weighted by molar-refractivity contribution is 6.51. The fourth-order valence-corrected chi connectivity index (χ4v) is 5.65. The van der Waals surface area contributed by atoms with Crippen molar-refractivity contribution in [2.45, 2.75) is 36.9 Å². The van der Waals surface area contributed by atoms with E-state index >= 15 is 0 Å². The molecule has 3 fully saturated rings. The quantitative estimate of drug-likeness (QED) is 0.688. The molecule has 0 spiro atoms. The van der Waals surface area contributed by atoms with Gasteiger partial charge in [0.2, 0.25) is 5.91 Å². The van der Waals surface area contributed by atoms with Gasteiger partial charge in [-0.05, 0) is 74.0 Å². The van der Waals surface area contributed by atoms with Crippen molar-refractivity contribution in [3.8, 4) is 0 Å². The van der Waals surface area contributed by atoms with Crippen LogP contribution in [-0.4, -0.2) is 10.2 Å². The Balaban J connectivity index is 1.41. The van der Waals surface area contributed by atoms with Crippen molar-refractivity contribution in [2.75, 3.05) is 5.32 Å². The van der Waals surface area contributed by atoms with Crippen molar-refractivity contribution in [3.63, 3.8) is 0 Å². The summed E-state index contributed by atoms with van der Waals surface area (Å²) in [6, 6.07) is 5.60. The minimum Gasteiger partial charge on any atom is -0.326 e. The highest BCUT2D eigenvalue weighted by atomic mass is 35.5. The Morgan fingerprint density at radius 1 is 1.13 bits per heavy atom. The first-order chi connectivity index (χ1) is 10.9. The van der Waals surface area contributed by atoms with Gasteiger partial charge in [0.25, 0.3) is 0 Å². The molecule has 124 valence electrons. The minimum absolute atomic E-state index is 0.143. The fraction of sp³-hybridized carbons (Fsp3) is 0.611. The van der Waals surface area contributed by atoms with E-state index in [2.05, 4.69) is 5.32 Å². The highest BCUT2D eigenvalue weighted by Gasteiger charge is 2.65. The van der Waals surface area contributed by atoms with E-state index in [1.165, 1.54) is 0 Å². The number of hydrogen-bond acceptors (Lipinski definition) is 1. The van der Waals surface area contributed by atoms with Gasteiger partial charge in [-0.25, -0.2) is 0 Å². The number of alkyl halides is 2. The van der Waals surface area contributed by atoms with E-state index in [9.17, 15) is 4.79 Å². The van der Waals surface area contributed by atoms with Crippen molar-refractivity contribution in [1.29, 1.82) is 0 Å². The molecule has 0 saturated heterocycles. The predicted molar refractivity (Wildman–Crippen MR) is 95.2 cm³/mol. The maximum Gasteiger partial charge on any atom is 0.228 e. The van der Waals surface area contributed by atoms with Gasteiger partial charge < -0.3 is 5.32 Å². The summed E-state index contributed by atoms with van der Waals surface area (Å²) in [5.41, 5.74) is 1.86. The SMILES string of the molecule is Cc1ccc(Cl)cc1NC(=O)C1[C@H]2CC[C@H]3[C@@H](CC[C@@H]12)C3(Cl)Cl. The molecule has 5 atom stereocenters. The third kappa shape index (κ3) is 2.77. The molecule has 0 aliphatic heterocycles. The van der Waals surface area contributed by atoms with Crippen molar-refractivity contribution < 1.29 is 4.79 Å². The van der Waals surface area contributed by atoms with E-state index in [0.29, 0.717) is 28.7 Å². The van der Waals surface area contributed by atoms with E-state index in [4.69, 9.17) is 34.8 Å². The summed E-state index contributed by atoms with van der Waals surface area (Å²) in [5.74, 6) is 2.16. The molecular weight excluding hydrogens is 353 g/mol. The largest absolute Gasteiger partial charge is 0.326 e. The van der Waals surface area contributed by atoms with Crippen LogP contribution in [0, 0.1) is 36.5 Å². The number of benzene rings is 1. The monoisotopic (exact) mass is 371 g/mol. The first-order valence-electron chi connectivity index (χ1n) is 8.34. The van der Waals surface area contributed by atoms with E-state index in [1.54, 1.807) is 0 Å². The van der Waals surface area contributed by atoms with Gasteiger partial charge in [0, 0.05) is 16.6 Å².